The molecule has 0 unspecified atom stereocenters. The Labute approximate surface area is 164 Å². The fourth-order valence-corrected chi connectivity index (χ4v) is 5.65. The van der Waals surface area contributed by atoms with E-state index < -0.39 is 0 Å². The SMILES string of the molecule is COC(=O)CSc1nc2sc3c(c2c(=O)n1Cc1ccco1)CC[C@H](C)C3. The quantitative estimate of drug-likeness (QED) is 0.368. The van der Waals surface area contributed by atoms with Gasteiger partial charge in [0.1, 0.15) is 10.6 Å². The fraction of sp³-hybridized carbons (Fsp3) is 0.421. The zero-order valence-corrected chi connectivity index (χ0v) is 16.8. The molecule has 8 heteroatoms. The van der Waals surface area contributed by atoms with E-state index in [1.165, 1.54) is 23.7 Å². The van der Waals surface area contributed by atoms with Gasteiger partial charge in [-0.05, 0) is 42.9 Å². The Morgan fingerprint density at radius 3 is 3.11 bits per heavy atom. The van der Waals surface area contributed by atoms with Crippen molar-refractivity contribution in [1.82, 2.24) is 9.55 Å². The predicted octanol–water partition coefficient (Wildman–Crippen LogP) is 3.49. The number of methoxy groups -OCH3 is 1. The van der Waals surface area contributed by atoms with E-state index in [4.69, 9.17) is 14.1 Å². The number of ether oxygens (including phenoxy) is 1. The van der Waals surface area contributed by atoms with Crippen molar-refractivity contribution >= 4 is 39.3 Å². The molecular weight excluding hydrogens is 384 g/mol. The molecule has 4 rings (SSSR count). The Hall–Kier alpha value is -2.06. The highest BCUT2D eigenvalue weighted by Gasteiger charge is 2.25. The molecule has 0 N–H and O–H groups in total. The molecule has 0 spiro atoms. The molecule has 1 atom stereocenters. The third-order valence-corrected chi connectivity index (χ3v) is 6.92. The van der Waals surface area contributed by atoms with Crippen molar-refractivity contribution < 1.29 is 13.9 Å². The highest BCUT2D eigenvalue weighted by Crippen LogP contribution is 2.36. The van der Waals surface area contributed by atoms with E-state index in [2.05, 4.69) is 6.92 Å². The van der Waals surface area contributed by atoms with Crippen LogP contribution in [-0.4, -0.2) is 28.4 Å². The Morgan fingerprint density at radius 1 is 1.52 bits per heavy atom. The Kier molecular flexibility index (Phi) is 5.10. The summed E-state index contributed by atoms with van der Waals surface area (Å²) in [6.07, 6.45) is 4.60. The zero-order chi connectivity index (χ0) is 19.0. The standard InChI is InChI=1S/C19H20N2O4S2/c1-11-5-6-13-14(8-11)27-17-16(13)18(23)21(9-12-4-3-7-25-12)19(20-17)26-10-15(22)24-2/h3-4,7,11H,5-6,8-10H2,1-2H3/t11-/m0/s1. The molecule has 0 bridgehead atoms. The van der Waals surface area contributed by atoms with Gasteiger partial charge in [0.25, 0.3) is 5.56 Å². The van der Waals surface area contributed by atoms with Crippen LogP contribution in [0.4, 0.5) is 0 Å². The number of aromatic nitrogens is 2. The van der Waals surface area contributed by atoms with Crippen LogP contribution < -0.4 is 5.56 Å². The lowest BCUT2D eigenvalue weighted by Gasteiger charge is -2.17. The van der Waals surface area contributed by atoms with Crippen molar-refractivity contribution in [2.45, 2.75) is 37.9 Å². The number of thioether (sulfide) groups is 1. The van der Waals surface area contributed by atoms with E-state index in [0.717, 1.165) is 35.0 Å². The topological polar surface area (TPSA) is 74.3 Å². The van der Waals surface area contributed by atoms with Gasteiger partial charge in [0.15, 0.2) is 5.16 Å². The highest BCUT2D eigenvalue weighted by atomic mass is 32.2. The van der Waals surface area contributed by atoms with Crippen LogP contribution >= 0.6 is 23.1 Å². The average Bonchev–Trinajstić information content (AvgIpc) is 3.29. The minimum absolute atomic E-state index is 0.0594. The van der Waals surface area contributed by atoms with Crippen LogP contribution in [0.15, 0.2) is 32.8 Å². The van der Waals surface area contributed by atoms with Gasteiger partial charge < -0.3 is 9.15 Å². The molecule has 1 aliphatic rings. The third kappa shape index (κ3) is 3.55. The number of hydrogen-bond acceptors (Lipinski definition) is 7. The van der Waals surface area contributed by atoms with E-state index >= 15 is 0 Å². The number of rotatable bonds is 5. The van der Waals surface area contributed by atoms with Crippen molar-refractivity contribution in [3.05, 3.63) is 45.0 Å². The molecule has 0 saturated carbocycles. The first-order valence-electron chi connectivity index (χ1n) is 8.84. The van der Waals surface area contributed by atoms with Crippen molar-refractivity contribution in [3.8, 4) is 0 Å². The summed E-state index contributed by atoms with van der Waals surface area (Å²) >= 11 is 2.83. The largest absolute Gasteiger partial charge is 0.468 e. The number of nitrogens with zero attached hydrogens (tertiary/aromatic N) is 2. The van der Waals surface area contributed by atoms with E-state index in [9.17, 15) is 9.59 Å². The first kappa shape index (κ1) is 18.3. The van der Waals surface area contributed by atoms with Gasteiger partial charge in [-0.3, -0.25) is 14.2 Å². The maximum atomic E-state index is 13.4. The van der Waals surface area contributed by atoms with Gasteiger partial charge in [0, 0.05) is 4.88 Å². The number of hydrogen-bond donors (Lipinski definition) is 0. The highest BCUT2D eigenvalue weighted by molar-refractivity contribution is 7.99. The van der Waals surface area contributed by atoms with Crippen LogP contribution in [0.3, 0.4) is 0 Å². The van der Waals surface area contributed by atoms with Gasteiger partial charge in [-0.15, -0.1) is 11.3 Å². The molecule has 3 aromatic heterocycles. The van der Waals surface area contributed by atoms with Gasteiger partial charge in [-0.2, -0.15) is 0 Å². The Balaban J connectivity index is 1.83. The lowest BCUT2D eigenvalue weighted by Crippen LogP contribution is -2.25. The number of aryl methyl sites for hydroxylation is 1. The summed E-state index contributed by atoms with van der Waals surface area (Å²) in [6.45, 7) is 2.53. The molecule has 0 aromatic carbocycles. The lowest BCUT2D eigenvalue weighted by molar-refractivity contribution is -0.137. The Bertz CT molecular complexity index is 1040. The molecule has 0 amide bonds. The van der Waals surface area contributed by atoms with Crippen molar-refractivity contribution in [1.29, 1.82) is 0 Å². The number of carbonyl (C=O) groups excluding carboxylic acids is 1. The normalized spacial score (nSPS) is 16.4. The van der Waals surface area contributed by atoms with Crippen molar-refractivity contribution in [2.24, 2.45) is 5.92 Å². The van der Waals surface area contributed by atoms with Crippen molar-refractivity contribution in [2.75, 3.05) is 12.9 Å². The first-order valence-corrected chi connectivity index (χ1v) is 10.6. The molecule has 0 radical (unpaired) electrons. The second-order valence-corrected chi connectivity index (χ2v) is 8.79. The summed E-state index contributed by atoms with van der Waals surface area (Å²) in [6, 6.07) is 3.62. The maximum Gasteiger partial charge on any atom is 0.316 e. The van der Waals surface area contributed by atoms with E-state index in [-0.39, 0.29) is 17.3 Å². The number of fused-ring (bicyclic) bond motifs is 3. The predicted molar refractivity (Wildman–Crippen MR) is 106 cm³/mol. The molecule has 3 heterocycles. The van der Waals surface area contributed by atoms with Crippen molar-refractivity contribution in [3.63, 3.8) is 0 Å². The summed E-state index contributed by atoms with van der Waals surface area (Å²) < 4.78 is 11.8. The summed E-state index contributed by atoms with van der Waals surface area (Å²) in [4.78, 5) is 31.7. The molecule has 27 heavy (non-hydrogen) atoms. The van der Waals surface area contributed by atoms with E-state index in [1.807, 2.05) is 6.07 Å². The summed E-state index contributed by atoms with van der Waals surface area (Å²) in [7, 11) is 1.35. The third-order valence-electron chi connectivity index (χ3n) is 4.82. The fourth-order valence-electron chi connectivity index (χ4n) is 3.40. The minimum atomic E-state index is -0.349. The zero-order valence-electron chi connectivity index (χ0n) is 15.2. The minimum Gasteiger partial charge on any atom is -0.468 e. The number of thiophene rings is 1. The molecule has 3 aromatic rings. The van der Waals surface area contributed by atoms with Crippen LogP contribution in [0.25, 0.3) is 10.2 Å². The maximum absolute atomic E-state index is 13.4. The first-order chi connectivity index (χ1) is 13.1. The number of furan rings is 1. The van der Waals surface area contributed by atoms with E-state index in [0.29, 0.717) is 23.4 Å². The molecule has 0 fully saturated rings. The summed E-state index contributed by atoms with van der Waals surface area (Å²) in [5.41, 5.74) is 1.10. The monoisotopic (exact) mass is 404 g/mol. The number of carbonyl (C=O) groups is 1. The molecule has 6 nitrogen and oxygen atoms in total. The summed E-state index contributed by atoms with van der Waals surface area (Å²) in [5, 5.41) is 1.25. The van der Waals surface area contributed by atoms with Crippen LogP contribution in [0.1, 0.15) is 29.5 Å². The van der Waals surface area contributed by atoms with Gasteiger partial charge in [0.2, 0.25) is 0 Å². The lowest BCUT2D eigenvalue weighted by atomic mass is 9.89. The molecule has 142 valence electrons. The van der Waals surface area contributed by atoms with Gasteiger partial charge in [0.05, 0.1) is 31.1 Å². The smallest absolute Gasteiger partial charge is 0.316 e. The molecule has 1 aliphatic carbocycles. The Morgan fingerprint density at radius 2 is 2.37 bits per heavy atom. The average molecular weight is 405 g/mol. The summed E-state index contributed by atoms with van der Waals surface area (Å²) in [5.74, 6) is 1.06. The molecular formula is C19H20N2O4S2. The van der Waals surface area contributed by atoms with Gasteiger partial charge in [-0.1, -0.05) is 18.7 Å². The second kappa shape index (κ2) is 7.52. The van der Waals surface area contributed by atoms with Crippen LogP contribution in [0, 0.1) is 5.92 Å². The second-order valence-electron chi connectivity index (χ2n) is 6.76. The molecule has 0 aliphatic heterocycles. The van der Waals surface area contributed by atoms with Gasteiger partial charge >= 0.3 is 5.97 Å². The van der Waals surface area contributed by atoms with Gasteiger partial charge in [-0.25, -0.2) is 4.98 Å². The number of esters is 1. The van der Waals surface area contributed by atoms with E-state index in [1.54, 1.807) is 28.2 Å². The van der Waals surface area contributed by atoms with Crippen LogP contribution in [0.2, 0.25) is 0 Å². The molecule has 0 saturated heterocycles. The van der Waals surface area contributed by atoms with Crippen LogP contribution in [0.5, 0.6) is 0 Å². The van der Waals surface area contributed by atoms with Crippen LogP contribution in [-0.2, 0) is 28.9 Å².